The smallest absolute Gasteiger partial charge is 0.227 e. The molecule has 2 heterocycles. The topological polar surface area (TPSA) is 38.1 Å². The number of aryl methyl sites for hydroxylation is 3. The molecule has 0 bridgehead atoms. The lowest BCUT2D eigenvalue weighted by Gasteiger charge is -2.19. The fraction of sp³-hybridized carbons (Fsp3) is 0.333. The number of amides is 1. The van der Waals surface area contributed by atoms with Gasteiger partial charge in [0, 0.05) is 31.1 Å². The molecule has 1 aromatic heterocycles. The fourth-order valence-electron chi connectivity index (χ4n) is 3.96. The molecule has 1 aliphatic rings. The normalized spacial score (nSPS) is 17.6. The van der Waals surface area contributed by atoms with Gasteiger partial charge in [0.05, 0.1) is 11.0 Å². The molecule has 4 nitrogen and oxygen atoms in total. The van der Waals surface area contributed by atoms with Crippen molar-refractivity contribution in [2.24, 2.45) is 0 Å². The second kappa shape index (κ2) is 6.03. The van der Waals surface area contributed by atoms with Crippen molar-refractivity contribution in [3.63, 3.8) is 0 Å². The number of nitrogens with zero attached hydrogens (tertiary/aromatic N) is 3. The summed E-state index contributed by atoms with van der Waals surface area (Å²) >= 11 is 0. The summed E-state index contributed by atoms with van der Waals surface area (Å²) in [5, 5.41) is 0. The van der Waals surface area contributed by atoms with Gasteiger partial charge in [-0.15, -0.1) is 0 Å². The quantitative estimate of drug-likeness (QED) is 0.721. The van der Waals surface area contributed by atoms with E-state index < -0.39 is 0 Å². The molecule has 1 fully saturated rings. The van der Waals surface area contributed by atoms with Crippen LogP contribution in [0, 0.1) is 13.8 Å². The maximum absolute atomic E-state index is 12.7. The largest absolute Gasteiger partial charge is 0.328 e. The molecule has 2 aromatic carbocycles. The second-order valence-corrected chi connectivity index (χ2v) is 6.90. The first-order valence-corrected chi connectivity index (χ1v) is 8.91. The van der Waals surface area contributed by atoms with Crippen LogP contribution < -0.4 is 4.90 Å². The van der Waals surface area contributed by atoms with Crippen LogP contribution in [0.3, 0.4) is 0 Å². The van der Waals surface area contributed by atoms with Crippen molar-refractivity contribution in [3.8, 4) is 0 Å². The summed E-state index contributed by atoms with van der Waals surface area (Å²) in [5.41, 5.74) is 5.56. The predicted octanol–water partition coefficient (Wildman–Crippen LogP) is 4.19. The number of carbonyl (C=O) groups excluding carboxylic acids is 1. The van der Waals surface area contributed by atoms with Gasteiger partial charge in [-0.25, -0.2) is 4.98 Å². The molecule has 0 spiro atoms. The molecule has 1 saturated heterocycles. The molecule has 0 unspecified atom stereocenters. The average Bonchev–Trinajstić information content (AvgIpc) is 3.15. The van der Waals surface area contributed by atoms with Gasteiger partial charge in [0.25, 0.3) is 0 Å². The molecule has 0 aliphatic carbocycles. The Kier molecular flexibility index (Phi) is 3.83. The van der Waals surface area contributed by atoms with Crippen molar-refractivity contribution in [3.05, 3.63) is 59.4 Å². The van der Waals surface area contributed by atoms with Crippen molar-refractivity contribution in [1.82, 2.24) is 9.55 Å². The molecule has 0 saturated carbocycles. The van der Waals surface area contributed by atoms with Crippen molar-refractivity contribution in [2.45, 2.75) is 39.7 Å². The van der Waals surface area contributed by atoms with Crippen molar-refractivity contribution < 1.29 is 4.79 Å². The van der Waals surface area contributed by atoms with Gasteiger partial charge in [-0.05, 0) is 44.5 Å². The minimum absolute atomic E-state index is 0.139. The molecular weight excluding hydrogens is 310 g/mol. The Bertz CT molecular complexity index is 957. The molecule has 4 heteroatoms. The molecule has 1 amide bonds. The van der Waals surface area contributed by atoms with Crippen molar-refractivity contribution in [2.75, 3.05) is 11.4 Å². The van der Waals surface area contributed by atoms with Gasteiger partial charge in [-0.3, -0.25) is 4.79 Å². The van der Waals surface area contributed by atoms with E-state index in [0.717, 1.165) is 34.7 Å². The molecule has 0 N–H and O–H groups in total. The number of rotatable bonds is 3. The van der Waals surface area contributed by atoms with Crippen LogP contribution in [-0.4, -0.2) is 22.0 Å². The van der Waals surface area contributed by atoms with Crippen LogP contribution >= 0.6 is 0 Å². The van der Waals surface area contributed by atoms with Crippen LogP contribution in [0.4, 0.5) is 5.69 Å². The lowest BCUT2D eigenvalue weighted by atomic mass is 10.1. The lowest BCUT2D eigenvalue weighted by molar-refractivity contribution is -0.117. The zero-order valence-electron chi connectivity index (χ0n) is 15.0. The summed E-state index contributed by atoms with van der Waals surface area (Å²) in [7, 11) is 0. The maximum atomic E-state index is 12.7. The van der Waals surface area contributed by atoms with Crippen LogP contribution in [0.5, 0.6) is 0 Å². The summed E-state index contributed by atoms with van der Waals surface area (Å²) in [4.78, 5) is 19.5. The third kappa shape index (κ3) is 2.62. The van der Waals surface area contributed by atoms with Gasteiger partial charge in [0.2, 0.25) is 5.91 Å². The zero-order chi connectivity index (χ0) is 17.6. The van der Waals surface area contributed by atoms with E-state index in [0.29, 0.717) is 13.0 Å². The highest BCUT2D eigenvalue weighted by molar-refractivity contribution is 5.97. The average molecular weight is 333 g/mol. The Morgan fingerprint density at radius 1 is 1.16 bits per heavy atom. The van der Waals surface area contributed by atoms with E-state index in [1.165, 1.54) is 5.56 Å². The summed E-state index contributed by atoms with van der Waals surface area (Å²) in [6.45, 7) is 7.85. The Balaban J connectivity index is 1.71. The van der Waals surface area contributed by atoms with E-state index in [2.05, 4.69) is 49.6 Å². The molecular formula is C21H23N3O. The highest BCUT2D eigenvalue weighted by Gasteiger charge is 2.35. The van der Waals surface area contributed by atoms with Crippen LogP contribution in [0.15, 0.2) is 42.5 Å². The van der Waals surface area contributed by atoms with Gasteiger partial charge < -0.3 is 9.47 Å². The summed E-state index contributed by atoms with van der Waals surface area (Å²) in [5.74, 6) is 1.36. The van der Waals surface area contributed by atoms with E-state index in [1.54, 1.807) is 0 Å². The fourth-order valence-corrected chi connectivity index (χ4v) is 3.96. The number of hydrogen-bond acceptors (Lipinski definition) is 2. The first-order chi connectivity index (χ1) is 12.1. The number of aromatic nitrogens is 2. The molecule has 25 heavy (non-hydrogen) atoms. The summed E-state index contributed by atoms with van der Waals surface area (Å²) in [6.07, 6.45) is 0.524. The van der Waals surface area contributed by atoms with Crippen molar-refractivity contribution >= 4 is 22.6 Å². The molecule has 128 valence electrons. The molecule has 1 atom stereocenters. The SMILES string of the molecule is CCn1c([C@H]2CC(=O)N(c3ccc(C)cc3C)C2)nc2ccccc21. The lowest BCUT2D eigenvalue weighted by Crippen LogP contribution is -2.25. The van der Waals surface area contributed by atoms with E-state index >= 15 is 0 Å². The number of benzene rings is 2. The standard InChI is InChI=1S/C21H23N3O/c1-4-23-19-8-6-5-7-17(19)22-21(23)16-12-20(25)24(13-16)18-10-9-14(2)11-15(18)3/h5-11,16H,4,12-13H2,1-3H3/t16-/m0/s1. The molecule has 1 aliphatic heterocycles. The van der Waals surface area contributed by atoms with E-state index in [1.807, 2.05) is 23.1 Å². The minimum atomic E-state index is 0.139. The van der Waals surface area contributed by atoms with E-state index in [-0.39, 0.29) is 11.8 Å². The Labute approximate surface area is 148 Å². The van der Waals surface area contributed by atoms with E-state index in [4.69, 9.17) is 4.98 Å². The Hall–Kier alpha value is -2.62. The number of carbonyl (C=O) groups is 1. The van der Waals surface area contributed by atoms with Crippen molar-refractivity contribution in [1.29, 1.82) is 0 Å². The van der Waals surface area contributed by atoms with Gasteiger partial charge in [-0.2, -0.15) is 0 Å². The number of fused-ring (bicyclic) bond motifs is 1. The maximum Gasteiger partial charge on any atom is 0.227 e. The van der Waals surface area contributed by atoms with Crippen LogP contribution in [0.2, 0.25) is 0 Å². The number of para-hydroxylation sites is 2. The molecule has 4 rings (SSSR count). The van der Waals surface area contributed by atoms with Gasteiger partial charge in [-0.1, -0.05) is 29.8 Å². The number of anilines is 1. The summed E-state index contributed by atoms with van der Waals surface area (Å²) < 4.78 is 2.25. The van der Waals surface area contributed by atoms with Crippen LogP contribution in [0.25, 0.3) is 11.0 Å². The van der Waals surface area contributed by atoms with Gasteiger partial charge >= 0.3 is 0 Å². The van der Waals surface area contributed by atoms with Gasteiger partial charge in [0.1, 0.15) is 5.82 Å². The Morgan fingerprint density at radius 2 is 1.96 bits per heavy atom. The molecule has 3 aromatic rings. The predicted molar refractivity (Wildman–Crippen MR) is 101 cm³/mol. The van der Waals surface area contributed by atoms with Crippen LogP contribution in [-0.2, 0) is 11.3 Å². The first-order valence-electron chi connectivity index (χ1n) is 8.91. The second-order valence-electron chi connectivity index (χ2n) is 6.90. The van der Waals surface area contributed by atoms with Gasteiger partial charge in [0.15, 0.2) is 0 Å². The number of hydrogen-bond donors (Lipinski definition) is 0. The first kappa shape index (κ1) is 15.9. The minimum Gasteiger partial charge on any atom is -0.328 e. The monoisotopic (exact) mass is 333 g/mol. The number of imidazole rings is 1. The van der Waals surface area contributed by atoms with E-state index in [9.17, 15) is 4.79 Å². The highest BCUT2D eigenvalue weighted by atomic mass is 16.2. The van der Waals surface area contributed by atoms with Crippen LogP contribution in [0.1, 0.15) is 36.2 Å². The Morgan fingerprint density at radius 3 is 2.72 bits per heavy atom. The summed E-state index contributed by atoms with van der Waals surface area (Å²) in [6, 6.07) is 14.5. The highest BCUT2D eigenvalue weighted by Crippen LogP contribution is 2.34. The molecule has 0 radical (unpaired) electrons. The third-order valence-corrected chi connectivity index (χ3v) is 5.13. The zero-order valence-corrected chi connectivity index (χ0v) is 15.0. The third-order valence-electron chi connectivity index (χ3n) is 5.13.